The largest absolute Gasteiger partial charge is 0.497 e. The molecular formula is C16H26ClNO2. The van der Waals surface area contributed by atoms with Crippen molar-refractivity contribution in [2.45, 2.75) is 50.7 Å². The summed E-state index contributed by atoms with van der Waals surface area (Å²) in [5, 5.41) is 11.2. The Bertz CT molecular complexity index is 444. The zero-order valence-corrected chi connectivity index (χ0v) is 13.4. The number of rotatable bonds is 3. The van der Waals surface area contributed by atoms with E-state index in [9.17, 15) is 5.11 Å². The molecule has 2 unspecified atom stereocenters. The first-order valence-electron chi connectivity index (χ1n) is 7.04. The second kappa shape index (κ2) is 6.33. The minimum absolute atomic E-state index is 0. The fourth-order valence-corrected chi connectivity index (χ4v) is 3.38. The van der Waals surface area contributed by atoms with E-state index in [0.29, 0.717) is 0 Å². The van der Waals surface area contributed by atoms with E-state index in [1.807, 2.05) is 38.1 Å². The van der Waals surface area contributed by atoms with E-state index in [2.05, 4.69) is 0 Å². The van der Waals surface area contributed by atoms with Crippen molar-refractivity contribution in [1.82, 2.24) is 0 Å². The third-order valence-corrected chi connectivity index (χ3v) is 4.34. The molecule has 0 aromatic heterocycles. The van der Waals surface area contributed by atoms with E-state index in [-0.39, 0.29) is 18.3 Å². The fraction of sp³-hybridized carbons (Fsp3) is 0.625. The van der Waals surface area contributed by atoms with E-state index in [4.69, 9.17) is 10.5 Å². The van der Waals surface area contributed by atoms with Gasteiger partial charge in [0.15, 0.2) is 0 Å². The van der Waals surface area contributed by atoms with Gasteiger partial charge in [-0.25, -0.2) is 0 Å². The van der Waals surface area contributed by atoms with Crippen molar-refractivity contribution < 1.29 is 9.84 Å². The molecule has 0 radical (unpaired) electrons. The van der Waals surface area contributed by atoms with Gasteiger partial charge in [0.2, 0.25) is 0 Å². The molecule has 1 aliphatic rings. The summed E-state index contributed by atoms with van der Waals surface area (Å²) in [7, 11) is 1.65. The average Bonchev–Trinajstić information content (AvgIpc) is 2.38. The van der Waals surface area contributed by atoms with Gasteiger partial charge in [-0.1, -0.05) is 25.0 Å². The van der Waals surface area contributed by atoms with Gasteiger partial charge in [-0.2, -0.15) is 0 Å². The number of ether oxygens (including phenoxy) is 1. The first-order chi connectivity index (χ1) is 8.88. The van der Waals surface area contributed by atoms with Gasteiger partial charge in [-0.15, -0.1) is 12.4 Å². The molecule has 20 heavy (non-hydrogen) atoms. The number of benzene rings is 1. The second-order valence-corrected chi connectivity index (χ2v) is 6.28. The standard InChI is InChI=1S/C16H25NO2.ClH/c1-15(2,17)14-9-4-5-10-16(14,18)12-7-6-8-13(11-12)19-3;/h6-8,11,14,18H,4-5,9-10,17H2,1-3H3;1H. The zero-order chi connectivity index (χ0) is 14.1. The molecule has 0 heterocycles. The van der Waals surface area contributed by atoms with Gasteiger partial charge in [-0.3, -0.25) is 0 Å². The number of aliphatic hydroxyl groups is 1. The zero-order valence-electron chi connectivity index (χ0n) is 12.6. The monoisotopic (exact) mass is 299 g/mol. The van der Waals surface area contributed by atoms with Crippen molar-refractivity contribution in [1.29, 1.82) is 0 Å². The minimum Gasteiger partial charge on any atom is -0.497 e. The SMILES string of the molecule is COc1cccc(C2(O)CCCCC2C(C)(C)N)c1.Cl. The first kappa shape index (κ1) is 17.3. The highest BCUT2D eigenvalue weighted by Gasteiger charge is 2.46. The lowest BCUT2D eigenvalue weighted by molar-refractivity contribution is -0.0787. The van der Waals surface area contributed by atoms with Gasteiger partial charge < -0.3 is 15.6 Å². The van der Waals surface area contributed by atoms with Crippen LogP contribution in [0.3, 0.4) is 0 Å². The van der Waals surface area contributed by atoms with Crippen LogP contribution >= 0.6 is 12.4 Å². The Hall–Kier alpha value is -0.770. The second-order valence-electron chi connectivity index (χ2n) is 6.28. The Kier molecular flexibility index (Phi) is 5.47. The summed E-state index contributed by atoms with van der Waals surface area (Å²) in [4.78, 5) is 0. The molecule has 1 saturated carbocycles. The highest BCUT2D eigenvalue weighted by Crippen LogP contribution is 2.46. The lowest BCUT2D eigenvalue weighted by Crippen LogP contribution is -2.53. The molecule has 0 aliphatic heterocycles. The van der Waals surface area contributed by atoms with Crippen LogP contribution in [0.2, 0.25) is 0 Å². The summed E-state index contributed by atoms with van der Waals surface area (Å²) in [6.07, 6.45) is 3.92. The summed E-state index contributed by atoms with van der Waals surface area (Å²) >= 11 is 0. The van der Waals surface area contributed by atoms with Gasteiger partial charge in [0, 0.05) is 11.5 Å². The summed E-state index contributed by atoms with van der Waals surface area (Å²) in [5.41, 5.74) is 6.00. The Labute approximate surface area is 127 Å². The number of methoxy groups -OCH3 is 1. The number of hydrogen-bond donors (Lipinski definition) is 2. The first-order valence-corrected chi connectivity index (χ1v) is 7.04. The van der Waals surface area contributed by atoms with Gasteiger partial charge in [0.05, 0.1) is 12.7 Å². The molecule has 1 aliphatic carbocycles. The molecule has 0 spiro atoms. The molecular weight excluding hydrogens is 274 g/mol. The van der Waals surface area contributed by atoms with Crippen LogP contribution in [-0.4, -0.2) is 17.8 Å². The molecule has 2 rings (SSSR count). The van der Waals surface area contributed by atoms with Gasteiger partial charge in [0.1, 0.15) is 5.75 Å². The summed E-state index contributed by atoms with van der Waals surface area (Å²) < 4.78 is 5.27. The van der Waals surface area contributed by atoms with Crippen LogP contribution in [0, 0.1) is 5.92 Å². The summed E-state index contributed by atoms with van der Waals surface area (Å²) in [5.74, 6) is 0.853. The van der Waals surface area contributed by atoms with Crippen molar-refractivity contribution in [3.63, 3.8) is 0 Å². The molecule has 1 aromatic rings. The Morgan fingerprint density at radius 1 is 1.35 bits per heavy atom. The van der Waals surface area contributed by atoms with Crippen molar-refractivity contribution >= 4 is 12.4 Å². The minimum atomic E-state index is -0.842. The molecule has 0 bridgehead atoms. The highest BCUT2D eigenvalue weighted by molar-refractivity contribution is 5.85. The van der Waals surface area contributed by atoms with Gasteiger partial charge in [0.25, 0.3) is 0 Å². The lowest BCUT2D eigenvalue weighted by Gasteiger charge is -2.47. The van der Waals surface area contributed by atoms with E-state index < -0.39 is 11.1 Å². The van der Waals surface area contributed by atoms with Crippen molar-refractivity contribution in [2.75, 3.05) is 7.11 Å². The molecule has 2 atom stereocenters. The lowest BCUT2D eigenvalue weighted by atomic mass is 9.64. The van der Waals surface area contributed by atoms with Crippen LogP contribution < -0.4 is 10.5 Å². The van der Waals surface area contributed by atoms with Crippen LogP contribution in [0.15, 0.2) is 24.3 Å². The summed E-state index contributed by atoms with van der Waals surface area (Å²) in [6, 6.07) is 7.75. The molecule has 1 fully saturated rings. The molecule has 0 saturated heterocycles. The molecule has 0 amide bonds. The smallest absolute Gasteiger partial charge is 0.119 e. The van der Waals surface area contributed by atoms with E-state index in [0.717, 1.165) is 37.0 Å². The van der Waals surface area contributed by atoms with E-state index in [1.54, 1.807) is 7.11 Å². The molecule has 114 valence electrons. The van der Waals surface area contributed by atoms with Crippen molar-refractivity contribution in [3.8, 4) is 5.75 Å². The number of nitrogens with two attached hydrogens (primary N) is 1. The Morgan fingerprint density at radius 3 is 2.65 bits per heavy atom. The van der Waals surface area contributed by atoms with E-state index >= 15 is 0 Å². The Morgan fingerprint density at radius 2 is 2.05 bits per heavy atom. The van der Waals surface area contributed by atoms with Crippen LogP contribution in [0.25, 0.3) is 0 Å². The normalized spacial score (nSPS) is 26.8. The fourth-order valence-electron chi connectivity index (χ4n) is 3.38. The third kappa shape index (κ3) is 3.27. The molecule has 1 aromatic carbocycles. The predicted molar refractivity (Wildman–Crippen MR) is 84.4 cm³/mol. The molecule has 4 heteroatoms. The van der Waals surface area contributed by atoms with Crippen LogP contribution in [0.1, 0.15) is 45.1 Å². The maximum Gasteiger partial charge on any atom is 0.119 e. The highest BCUT2D eigenvalue weighted by atomic mass is 35.5. The topological polar surface area (TPSA) is 55.5 Å². The third-order valence-electron chi connectivity index (χ3n) is 4.34. The average molecular weight is 300 g/mol. The number of hydrogen-bond acceptors (Lipinski definition) is 3. The van der Waals surface area contributed by atoms with Crippen LogP contribution in [0.4, 0.5) is 0 Å². The van der Waals surface area contributed by atoms with E-state index in [1.165, 1.54) is 0 Å². The van der Waals surface area contributed by atoms with Gasteiger partial charge >= 0.3 is 0 Å². The van der Waals surface area contributed by atoms with Crippen molar-refractivity contribution in [2.24, 2.45) is 11.7 Å². The maximum absolute atomic E-state index is 11.2. The van der Waals surface area contributed by atoms with Crippen LogP contribution in [-0.2, 0) is 5.60 Å². The molecule has 3 nitrogen and oxygen atoms in total. The quantitative estimate of drug-likeness (QED) is 0.901. The maximum atomic E-state index is 11.2. The van der Waals surface area contributed by atoms with Gasteiger partial charge in [-0.05, 0) is 44.4 Å². The summed E-state index contributed by atoms with van der Waals surface area (Å²) in [6.45, 7) is 4.02. The predicted octanol–water partition coefficient (Wildman–Crippen LogP) is 3.23. The molecule has 3 N–H and O–H groups in total. The number of halogens is 1. The van der Waals surface area contributed by atoms with Crippen molar-refractivity contribution in [3.05, 3.63) is 29.8 Å². The Balaban J connectivity index is 0.00000200. The van der Waals surface area contributed by atoms with Crippen LogP contribution in [0.5, 0.6) is 5.75 Å².